The van der Waals surface area contributed by atoms with Gasteiger partial charge in [0.25, 0.3) is 0 Å². The van der Waals surface area contributed by atoms with Crippen molar-refractivity contribution in [3.05, 3.63) is 18.4 Å². The maximum absolute atomic E-state index is 4.94. The predicted molar refractivity (Wildman–Crippen MR) is 49.2 cm³/mol. The van der Waals surface area contributed by atoms with Crippen LogP contribution in [0.4, 0.5) is 0 Å². The quantitative estimate of drug-likeness (QED) is 0.720. The van der Waals surface area contributed by atoms with Crippen molar-refractivity contribution in [3.8, 4) is 0 Å². The van der Waals surface area contributed by atoms with Gasteiger partial charge in [-0.2, -0.15) is 0 Å². The zero-order valence-electron chi connectivity index (χ0n) is 7.86. The van der Waals surface area contributed by atoms with Crippen molar-refractivity contribution in [3.63, 3.8) is 0 Å². The van der Waals surface area contributed by atoms with E-state index in [0.29, 0.717) is 6.04 Å². The molecule has 0 radical (unpaired) electrons. The van der Waals surface area contributed by atoms with Gasteiger partial charge in [-0.25, -0.2) is 4.98 Å². The topological polar surface area (TPSA) is 41.3 Å². The lowest BCUT2D eigenvalue weighted by Crippen LogP contribution is -2.49. The molecule has 1 fully saturated rings. The molecule has 1 aliphatic rings. The molecule has 0 aromatic carbocycles. The van der Waals surface area contributed by atoms with Crippen LogP contribution in [0, 0.1) is 0 Å². The average Bonchev–Trinajstić information content (AvgIpc) is 2.61. The Balaban J connectivity index is 1.93. The summed E-state index contributed by atoms with van der Waals surface area (Å²) in [5.41, 5.74) is 1.02. The summed E-state index contributed by atoms with van der Waals surface area (Å²) in [4.78, 5) is 6.53. The van der Waals surface area contributed by atoms with Gasteiger partial charge in [-0.05, 0) is 6.92 Å². The molecule has 0 bridgehead atoms. The van der Waals surface area contributed by atoms with E-state index in [9.17, 15) is 0 Å². The van der Waals surface area contributed by atoms with Crippen LogP contribution in [0.25, 0.3) is 0 Å². The first-order chi connectivity index (χ1) is 6.36. The maximum Gasteiger partial charge on any atom is 0.180 e. The third-order valence-electron chi connectivity index (χ3n) is 2.49. The van der Waals surface area contributed by atoms with Crippen LogP contribution in [0.3, 0.4) is 0 Å². The molecule has 0 amide bonds. The molecule has 2 rings (SSSR count). The monoisotopic (exact) mass is 181 g/mol. The van der Waals surface area contributed by atoms with Crippen LogP contribution in [0.1, 0.15) is 12.6 Å². The van der Waals surface area contributed by atoms with Crippen LogP contribution < -0.4 is 5.32 Å². The van der Waals surface area contributed by atoms with Gasteiger partial charge in [0.1, 0.15) is 6.26 Å². The number of piperazine rings is 1. The summed E-state index contributed by atoms with van der Waals surface area (Å²) in [7, 11) is 0. The van der Waals surface area contributed by atoms with E-state index >= 15 is 0 Å². The molecule has 72 valence electrons. The third kappa shape index (κ3) is 2.08. The first kappa shape index (κ1) is 8.72. The average molecular weight is 181 g/mol. The van der Waals surface area contributed by atoms with Gasteiger partial charge in [-0.15, -0.1) is 0 Å². The summed E-state index contributed by atoms with van der Waals surface area (Å²) < 4.78 is 4.94. The first-order valence-electron chi connectivity index (χ1n) is 4.68. The fourth-order valence-corrected chi connectivity index (χ4v) is 1.64. The Bertz CT molecular complexity index is 247. The fraction of sp³-hybridized carbons (Fsp3) is 0.667. The van der Waals surface area contributed by atoms with Gasteiger partial charge in [0, 0.05) is 32.2 Å². The summed E-state index contributed by atoms with van der Waals surface area (Å²) >= 11 is 0. The minimum atomic E-state index is 0.588. The number of nitrogens with zero attached hydrogens (tertiary/aromatic N) is 2. The SMILES string of the molecule is CC1CNCCN1Cc1cocn1. The number of nitrogens with one attached hydrogen (secondary N) is 1. The molecule has 4 heteroatoms. The molecule has 13 heavy (non-hydrogen) atoms. The summed E-state index contributed by atoms with van der Waals surface area (Å²) in [5.74, 6) is 0. The lowest BCUT2D eigenvalue weighted by atomic mass is 10.2. The maximum atomic E-state index is 4.94. The number of oxazole rings is 1. The Morgan fingerprint density at radius 2 is 2.69 bits per heavy atom. The highest BCUT2D eigenvalue weighted by atomic mass is 16.3. The van der Waals surface area contributed by atoms with Crippen molar-refractivity contribution in [2.24, 2.45) is 0 Å². The summed E-state index contributed by atoms with van der Waals surface area (Å²) in [6.07, 6.45) is 3.21. The van der Waals surface area contributed by atoms with Crippen LogP contribution in [0.5, 0.6) is 0 Å². The Hall–Kier alpha value is -0.870. The van der Waals surface area contributed by atoms with Crippen molar-refractivity contribution in [2.45, 2.75) is 19.5 Å². The smallest absolute Gasteiger partial charge is 0.180 e. The number of hydrogen-bond acceptors (Lipinski definition) is 4. The highest BCUT2D eigenvalue weighted by Crippen LogP contribution is 2.07. The normalized spacial score (nSPS) is 24.8. The summed E-state index contributed by atoms with van der Waals surface area (Å²) in [6, 6.07) is 0.588. The Labute approximate surface area is 77.9 Å². The highest BCUT2D eigenvalue weighted by Gasteiger charge is 2.18. The zero-order chi connectivity index (χ0) is 9.10. The van der Waals surface area contributed by atoms with E-state index in [4.69, 9.17) is 4.42 Å². The molecule has 1 unspecified atom stereocenters. The predicted octanol–water partition coefficient (Wildman–Crippen LogP) is 0.468. The minimum absolute atomic E-state index is 0.588. The van der Waals surface area contributed by atoms with E-state index in [-0.39, 0.29) is 0 Å². The second-order valence-corrected chi connectivity index (χ2v) is 3.50. The van der Waals surface area contributed by atoms with E-state index in [1.807, 2.05) is 0 Å². The number of aromatic nitrogens is 1. The largest absolute Gasteiger partial charge is 0.451 e. The van der Waals surface area contributed by atoms with Gasteiger partial charge >= 0.3 is 0 Å². The highest BCUT2D eigenvalue weighted by molar-refractivity contribution is 4.92. The van der Waals surface area contributed by atoms with Crippen LogP contribution in [-0.2, 0) is 6.54 Å². The van der Waals surface area contributed by atoms with Gasteiger partial charge in [0.15, 0.2) is 6.39 Å². The molecule has 1 aliphatic heterocycles. The number of rotatable bonds is 2. The molecule has 1 aromatic heterocycles. The molecule has 1 saturated heterocycles. The summed E-state index contributed by atoms with van der Waals surface area (Å²) in [6.45, 7) is 6.36. The Morgan fingerprint density at radius 3 is 3.38 bits per heavy atom. The second-order valence-electron chi connectivity index (χ2n) is 3.50. The van der Waals surface area contributed by atoms with Gasteiger partial charge in [0.05, 0.1) is 5.69 Å². The molecule has 4 nitrogen and oxygen atoms in total. The standard InChI is InChI=1S/C9H15N3O/c1-8-4-10-2-3-12(8)5-9-6-13-7-11-9/h6-8,10H,2-5H2,1H3. The molecule has 0 spiro atoms. The first-order valence-corrected chi connectivity index (χ1v) is 4.68. The molecule has 0 aliphatic carbocycles. The van der Waals surface area contributed by atoms with Gasteiger partial charge in [-0.1, -0.05) is 0 Å². The van der Waals surface area contributed by atoms with Gasteiger partial charge < -0.3 is 9.73 Å². The van der Waals surface area contributed by atoms with Crippen LogP contribution in [0.2, 0.25) is 0 Å². The molecule has 1 N–H and O–H groups in total. The van der Waals surface area contributed by atoms with E-state index in [1.165, 1.54) is 6.39 Å². The Morgan fingerprint density at radius 1 is 1.77 bits per heavy atom. The number of hydrogen-bond donors (Lipinski definition) is 1. The van der Waals surface area contributed by atoms with Gasteiger partial charge in [0.2, 0.25) is 0 Å². The fourth-order valence-electron chi connectivity index (χ4n) is 1.64. The summed E-state index contributed by atoms with van der Waals surface area (Å²) in [5, 5.41) is 3.36. The van der Waals surface area contributed by atoms with Crippen LogP contribution in [-0.4, -0.2) is 35.6 Å². The molecule has 1 aromatic rings. The van der Waals surface area contributed by atoms with Crippen molar-refractivity contribution in [2.75, 3.05) is 19.6 Å². The molecular weight excluding hydrogens is 166 g/mol. The minimum Gasteiger partial charge on any atom is -0.451 e. The van der Waals surface area contributed by atoms with Crippen molar-refractivity contribution in [1.82, 2.24) is 15.2 Å². The van der Waals surface area contributed by atoms with Crippen LogP contribution >= 0.6 is 0 Å². The van der Waals surface area contributed by atoms with Gasteiger partial charge in [-0.3, -0.25) is 4.90 Å². The molecule has 0 saturated carbocycles. The van der Waals surface area contributed by atoms with Crippen molar-refractivity contribution in [1.29, 1.82) is 0 Å². The van der Waals surface area contributed by atoms with Crippen LogP contribution in [0.15, 0.2) is 17.1 Å². The lowest BCUT2D eigenvalue weighted by molar-refractivity contribution is 0.163. The Kier molecular flexibility index (Phi) is 2.61. The van der Waals surface area contributed by atoms with E-state index < -0.39 is 0 Å². The van der Waals surface area contributed by atoms with E-state index in [1.54, 1.807) is 6.26 Å². The molecule has 2 heterocycles. The van der Waals surface area contributed by atoms with Crippen molar-refractivity contribution < 1.29 is 4.42 Å². The molecule has 1 atom stereocenters. The second kappa shape index (κ2) is 3.89. The lowest BCUT2D eigenvalue weighted by Gasteiger charge is -2.33. The van der Waals surface area contributed by atoms with Crippen molar-refractivity contribution >= 4 is 0 Å². The molecular formula is C9H15N3O. The third-order valence-corrected chi connectivity index (χ3v) is 2.49. The van der Waals surface area contributed by atoms with E-state index in [2.05, 4.69) is 22.1 Å². The van der Waals surface area contributed by atoms with E-state index in [0.717, 1.165) is 31.9 Å². The zero-order valence-corrected chi connectivity index (χ0v) is 7.86.